The van der Waals surface area contributed by atoms with Crippen LogP contribution in [0.4, 0.5) is 0 Å². The molecule has 70 valence electrons. The third-order valence-corrected chi connectivity index (χ3v) is 0.500. The highest BCUT2D eigenvalue weighted by Crippen LogP contribution is 1.93. The van der Waals surface area contributed by atoms with Gasteiger partial charge in [0, 0.05) is 0 Å². The lowest BCUT2D eigenvalue weighted by atomic mass is 10.2. The number of hydrogen-bond donors (Lipinski definition) is 2. The minimum absolute atomic E-state index is 0. The van der Waals surface area contributed by atoms with Gasteiger partial charge in [-0.15, -0.1) is 0 Å². The second-order valence-corrected chi connectivity index (χ2v) is 3.13. The summed E-state index contributed by atoms with van der Waals surface area (Å²) < 4.78 is 0. The van der Waals surface area contributed by atoms with Crippen molar-refractivity contribution < 1.29 is 5.11 Å². The van der Waals surface area contributed by atoms with Crippen LogP contribution in [0.15, 0.2) is 0 Å². The van der Waals surface area contributed by atoms with Gasteiger partial charge in [0.25, 0.3) is 0 Å². The monoisotopic (exact) mass is 177 g/mol. The molecule has 0 rings (SSSR count). The molecule has 0 aliphatic heterocycles. The number of rotatable bonds is 2. The van der Waals surface area contributed by atoms with Gasteiger partial charge in [0.1, 0.15) is 0 Å². The van der Waals surface area contributed by atoms with E-state index in [0.29, 0.717) is 0 Å². The second-order valence-electron chi connectivity index (χ2n) is 3.13. The molecule has 0 aromatic carbocycles. The summed E-state index contributed by atoms with van der Waals surface area (Å²) in [5.74, 6) is 0. The van der Waals surface area contributed by atoms with E-state index in [-0.39, 0.29) is 17.4 Å². The van der Waals surface area contributed by atoms with E-state index in [2.05, 4.69) is 19.2 Å². The fraction of sp³-hybridized carbons (Fsp3) is 1.00. The van der Waals surface area contributed by atoms with E-state index in [1.807, 2.05) is 0 Å². The lowest BCUT2D eigenvalue weighted by Crippen LogP contribution is -2.10. The molecule has 0 aromatic rings. The third kappa shape index (κ3) is 124. The lowest BCUT2D eigenvalue weighted by Gasteiger charge is -2.04. The minimum atomic E-state index is -0.500. The zero-order valence-electron chi connectivity index (χ0n) is 7.86. The molecular formula is C8H24AlNO. The van der Waals surface area contributed by atoms with Gasteiger partial charge < -0.3 is 10.4 Å². The average Bonchev–Trinajstić information content (AvgIpc) is 1.63. The van der Waals surface area contributed by atoms with Crippen molar-refractivity contribution in [1.82, 2.24) is 5.32 Å². The molecule has 0 saturated carbocycles. The van der Waals surface area contributed by atoms with Crippen LogP contribution in [0.1, 0.15) is 34.6 Å². The molecule has 0 fully saturated rings. The molecule has 0 saturated heterocycles. The molecule has 0 unspecified atom stereocenters. The van der Waals surface area contributed by atoms with Gasteiger partial charge in [-0.05, 0) is 33.9 Å². The molecule has 0 aliphatic rings. The summed E-state index contributed by atoms with van der Waals surface area (Å²) in [5.41, 5.74) is -0.500. The van der Waals surface area contributed by atoms with Gasteiger partial charge in [-0.3, -0.25) is 0 Å². The number of hydrogen-bond acceptors (Lipinski definition) is 2. The van der Waals surface area contributed by atoms with Crippen molar-refractivity contribution in [2.75, 3.05) is 13.1 Å². The Kier molecular flexibility index (Phi) is 16.6. The predicted molar refractivity (Wildman–Crippen MR) is 56.1 cm³/mol. The Bertz CT molecular complexity index is 53.6. The zero-order valence-corrected chi connectivity index (χ0v) is 7.86. The normalized spacial score (nSPS) is 9.27. The first-order valence-corrected chi connectivity index (χ1v) is 3.84. The quantitative estimate of drug-likeness (QED) is 0.591. The van der Waals surface area contributed by atoms with Crippen molar-refractivity contribution in [3.8, 4) is 0 Å². The first-order valence-electron chi connectivity index (χ1n) is 3.84. The maximum atomic E-state index is 8.52. The van der Waals surface area contributed by atoms with Crippen molar-refractivity contribution in [3.05, 3.63) is 0 Å². The fourth-order valence-corrected chi connectivity index (χ4v) is 0.250. The van der Waals surface area contributed by atoms with E-state index in [1.54, 1.807) is 20.8 Å². The topological polar surface area (TPSA) is 32.3 Å². The van der Waals surface area contributed by atoms with E-state index >= 15 is 0 Å². The molecule has 0 aliphatic carbocycles. The molecule has 0 radical (unpaired) electrons. The molecule has 0 amide bonds. The first kappa shape index (κ1) is 17.5. The van der Waals surface area contributed by atoms with Crippen molar-refractivity contribution in [3.63, 3.8) is 0 Å². The first-order chi connectivity index (χ1) is 4.41. The Morgan fingerprint density at radius 2 is 1.27 bits per heavy atom. The van der Waals surface area contributed by atoms with Crippen LogP contribution in [0.25, 0.3) is 0 Å². The molecule has 3 heteroatoms. The predicted octanol–water partition coefficient (Wildman–Crippen LogP) is 0.209. The molecule has 0 bridgehead atoms. The van der Waals surface area contributed by atoms with Gasteiger partial charge in [0.2, 0.25) is 0 Å². The second kappa shape index (κ2) is 10.5. The number of aliphatic hydroxyl groups is 1. The molecule has 0 atom stereocenters. The summed E-state index contributed by atoms with van der Waals surface area (Å²) in [7, 11) is 0. The SMILES string of the molecule is CC(C)(C)O.CCNCC.[AlH3]. The van der Waals surface area contributed by atoms with Crippen molar-refractivity contribution in [2.24, 2.45) is 0 Å². The number of nitrogens with one attached hydrogen (secondary N) is 1. The summed E-state index contributed by atoms with van der Waals surface area (Å²) in [6.07, 6.45) is 0. The van der Waals surface area contributed by atoms with E-state index in [9.17, 15) is 0 Å². The van der Waals surface area contributed by atoms with Gasteiger partial charge in [-0.2, -0.15) is 0 Å². The Morgan fingerprint density at radius 1 is 1.09 bits per heavy atom. The highest BCUT2D eigenvalue weighted by Gasteiger charge is 1.97. The van der Waals surface area contributed by atoms with Crippen LogP contribution in [-0.4, -0.2) is 41.2 Å². The third-order valence-electron chi connectivity index (χ3n) is 0.500. The van der Waals surface area contributed by atoms with Crippen LogP contribution < -0.4 is 5.32 Å². The standard InChI is InChI=1S/C4H11N.C4H10O.Al.3H/c1-3-5-4-2;1-4(2,3)5;;;;/h5H,3-4H2,1-2H3;5H,1-3H3;;;;. The van der Waals surface area contributed by atoms with Crippen LogP contribution in [0.3, 0.4) is 0 Å². The van der Waals surface area contributed by atoms with Crippen molar-refractivity contribution in [2.45, 2.75) is 40.2 Å². The van der Waals surface area contributed by atoms with E-state index in [0.717, 1.165) is 13.1 Å². The van der Waals surface area contributed by atoms with Gasteiger partial charge in [-0.1, -0.05) is 13.8 Å². The van der Waals surface area contributed by atoms with E-state index in [1.165, 1.54) is 0 Å². The Hall–Kier alpha value is 0.452. The van der Waals surface area contributed by atoms with Crippen LogP contribution in [0.5, 0.6) is 0 Å². The lowest BCUT2D eigenvalue weighted by molar-refractivity contribution is 0.102. The van der Waals surface area contributed by atoms with Crippen LogP contribution in [0, 0.1) is 0 Å². The molecule has 0 aromatic heterocycles. The Labute approximate surface area is 81.5 Å². The van der Waals surface area contributed by atoms with Crippen molar-refractivity contribution >= 4 is 17.4 Å². The molecule has 11 heavy (non-hydrogen) atoms. The van der Waals surface area contributed by atoms with E-state index < -0.39 is 5.60 Å². The van der Waals surface area contributed by atoms with Crippen LogP contribution in [-0.2, 0) is 0 Å². The van der Waals surface area contributed by atoms with E-state index in [4.69, 9.17) is 5.11 Å². The van der Waals surface area contributed by atoms with Crippen LogP contribution in [0.2, 0.25) is 0 Å². The van der Waals surface area contributed by atoms with Gasteiger partial charge in [0.05, 0.1) is 5.60 Å². The fourth-order valence-electron chi connectivity index (χ4n) is 0.250. The summed E-state index contributed by atoms with van der Waals surface area (Å²) in [4.78, 5) is 0. The molecule has 2 nitrogen and oxygen atoms in total. The van der Waals surface area contributed by atoms with Crippen LogP contribution >= 0.6 is 0 Å². The molecular weight excluding hydrogens is 153 g/mol. The van der Waals surface area contributed by atoms with Gasteiger partial charge in [-0.25, -0.2) is 0 Å². The summed E-state index contributed by atoms with van der Waals surface area (Å²) in [5, 5.41) is 11.6. The largest absolute Gasteiger partial charge is 0.391 e. The highest BCUT2D eigenvalue weighted by atomic mass is 27.0. The smallest absolute Gasteiger partial charge is 0.187 e. The van der Waals surface area contributed by atoms with Crippen molar-refractivity contribution in [1.29, 1.82) is 0 Å². The highest BCUT2D eigenvalue weighted by molar-refractivity contribution is 5.75. The maximum Gasteiger partial charge on any atom is 0.187 e. The average molecular weight is 177 g/mol. The molecule has 2 N–H and O–H groups in total. The zero-order chi connectivity index (χ0) is 8.62. The Balaban J connectivity index is -0.000000107. The summed E-state index contributed by atoms with van der Waals surface area (Å²) >= 11 is 0. The summed E-state index contributed by atoms with van der Waals surface area (Å²) in [6.45, 7) is 11.6. The molecule has 0 spiro atoms. The Morgan fingerprint density at radius 3 is 1.27 bits per heavy atom. The maximum absolute atomic E-state index is 8.52. The molecule has 0 heterocycles. The van der Waals surface area contributed by atoms with Gasteiger partial charge in [0.15, 0.2) is 17.4 Å². The van der Waals surface area contributed by atoms with Gasteiger partial charge >= 0.3 is 0 Å². The summed E-state index contributed by atoms with van der Waals surface area (Å²) in [6, 6.07) is 0. The minimum Gasteiger partial charge on any atom is -0.391 e.